The number of hydrogen-bond donors (Lipinski definition) is 1. The van der Waals surface area contributed by atoms with Gasteiger partial charge in [-0.05, 0) is 54.2 Å². The van der Waals surface area contributed by atoms with E-state index in [2.05, 4.69) is 12.2 Å². The Morgan fingerprint density at radius 3 is 2.29 bits per heavy atom. The largest absolute Gasteiger partial charge is 0.493 e. The second-order valence-electron chi connectivity index (χ2n) is 9.49. The summed E-state index contributed by atoms with van der Waals surface area (Å²) in [6.07, 6.45) is 3.14. The molecule has 0 aromatic heterocycles. The molecule has 0 aliphatic carbocycles. The van der Waals surface area contributed by atoms with Crippen LogP contribution >= 0.6 is 0 Å². The number of hydrogen-bond acceptors (Lipinski definition) is 4. The molecule has 6 nitrogen and oxygen atoms in total. The van der Waals surface area contributed by atoms with Crippen LogP contribution in [-0.4, -0.2) is 43.5 Å². The molecule has 0 saturated heterocycles. The van der Waals surface area contributed by atoms with Gasteiger partial charge in [0.2, 0.25) is 11.8 Å². The van der Waals surface area contributed by atoms with Crippen LogP contribution in [0.25, 0.3) is 0 Å². The van der Waals surface area contributed by atoms with Crippen LogP contribution in [0, 0.1) is 6.92 Å². The minimum absolute atomic E-state index is 0.0605. The lowest BCUT2D eigenvalue weighted by Gasteiger charge is -2.32. The number of rotatable bonds is 14. The topological polar surface area (TPSA) is 67.9 Å². The Labute approximate surface area is 227 Å². The quantitative estimate of drug-likeness (QED) is 0.287. The molecule has 202 valence electrons. The van der Waals surface area contributed by atoms with Gasteiger partial charge in [-0.25, -0.2) is 0 Å². The van der Waals surface area contributed by atoms with Crippen molar-refractivity contribution in [3.05, 3.63) is 95.1 Å². The van der Waals surface area contributed by atoms with Crippen molar-refractivity contribution in [2.45, 2.75) is 58.5 Å². The molecule has 6 heteroatoms. The average molecular weight is 517 g/mol. The Morgan fingerprint density at radius 1 is 0.895 bits per heavy atom. The van der Waals surface area contributed by atoms with Gasteiger partial charge in [-0.1, -0.05) is 74.0 Å². The van der Waals surface area contributed by atoms with Crippen molar-refractivity contribution in [3.8, 4) is 11.5 Å². The molecule has 0 aliphatic rings. The second-order valence-corrected chi connectivity index (χ2v) is 9.49. The number of methoxy groups -OCH3 is 2. The van der Waals surface area contributed by atoms with E-state index in [1.54, 1.807) is 19.1 Å². The zero-order valence-electron chi connectivity index (χ0n) is 23.0. The summed E-state index contributed by atoms with van der Waals surface area (Å²) in [6.45, 7) is 5.10. The normalized spacial score (nSPS) is 11.5. The smallest absolute Gasteiger partial charge is 0.243 e. The molecule has 0 heterocycles. The molecule has 38 heavy (non-hydrogen) atoms. The van der Waals surface area contributed by atoms with E-state index in [4.69, 9.17) is 9.47 Å². The van der Waals surface area contributed by atoms with Crippen molar-refractivity contribution in [1.29, 1.82) is 0 Å². The highest BCUT2D eigenvalue weighted by Gasteiger charge is 2.30. The molecule has 0 fully saturated rings. The van der Waals surface area contributed by atoms with Crippen LogP contribution in [0.15, 0.2) is 72.8 Å². The average Bonchev–Trinajstić information content (AvgIpc) is 2.94. The number of carbonyl (C=O) groups is 2. The predicted octanol–water partition coefficient (Wildman–Crippen LogP) is 5.50. The standard InChI is InChI=1S/C32H40N2O4/c1-5-6-20-33-32(36)28(21-25-13-8-7-9-14-25)34(23-27-15-11-10-12-24(27)2)31(35)19-17-26-16-18-29(37-3)30(22-26)38-4/h7-16,18,22,28H,5-6,17,19-21,23H2,1-4H3,(H,33,36)/t28-/m1/s1. The highest BCUT2D eigenvalue weighted by atomic mass is 16.5. The van der Waals surface area contributed by atoms with Crippen molar-refractivity contribution in [2.24, 2.45) is 0 Å². The molecular weight excluding hydrogens is 476 g/mol. The van der Waals surface area contributed by atoms with E-state index in [-0.39, 0.29) is 18.2 Å². The number of benzene rings is 3. The molecule has 0 unspecified atom stereocenters. The lowest BCUT2D eigenvalue weighted by molar-refractivity contribution is -0.141. The lowest BCUT2D eigenvalue weighted by atomic mass is 10.00. The maximum absolute atomic E-state index is 13.9. The molecule has 0 radical (unpaired) electrons. The maximum atomic E-state index is 13.9. The Balaban J connectivity index is 1.90. The second kappa shape index (κ2) is 14.8. The van der Waals surface area contributed by atoms with Gasteiger partial charge in [0.25, 0.3) is 0 Å². The Bertz CT molecular complexity index is 1180. The first-order chi connectivity index (χ1) is 18.5. The van der Waals surface area contributed by atoms with E-state index in [0.717, 1.165) is 35.1 Å². The number of aryl methyl sites for hydroxylation is 2. The van der Waals surface area contributed by atoms with Gasteiger partial charge in [0.15, 0.2) is 11.5 Å². The van der Waals surface area contributed by atoms with Crippen LogP contribution in [0.2, 0.25) is 0 Å². The summed E-state index contributed by atoms with van der Waals surface area (Å²) in [5, 5.41) is 3.08. The molecule has 3 aromatic carbocycles. The van der Waals surface area contributed by atoms with Crippen molar-refractivity contribution in [2.75, 3.05) is 20.8 Å². The van der Waals surface area contributed by atoms with Crippen molar-refractivity contribution < 1.29 is 19.1 Å². The summed E-state index contributed by atoms with van der Waals surface area (Å²) in [7, 11) is 3.20. The van der Waals surface area contributed by atoms with Gasteiger partial charge in [0, 0.05) is 25.9 Å². The molecule has 3 aromatic rings. The van der Waals surface area contributed by atoms with E-state index in [1.807, 2.05) is 79.7 Å². The van der Waals surface area contributed by atoms with Gasteiger partial charge in [0.1, 0.15) is 6.04 Å². The minimum atomic E-state index is -0.619. The molecule has 0 aliphatic heterocycles. The van der Waals surface area contributed by atoms with Crippen LogP contribution in [0.5, 0.6) is 11.5 Å². The zero-order valence-corrected chi connectivity index (χ0v) is 23.0. The first kappa shape index (κ1) is 28.8. The zero-order chi connectivity index (χ0) is 27.3. The van der Waals surface area contributed by atoms with Crippen molar-refractivity contribution in [1.82, 2.24) is 10.2 Å². The first-order valence-corrected chi connectivity index (χ1v) is 13.3. The minimum Gasteiger partial charge on any atom is -0.493 e. The van der Waals surface area contributed by atoms with Crippen LogP contribution in [0.4, 0.5) is 0 Å². The summed E-state index contributed by atoms with van der Waals surface area (Å²) in [5.41, 5.74) is 4.12. The van der Waals surface area contributed by atoms with Gasteiger partial charge >= 0.3 is 0 Å². The lowest BCUT2D eigenvalue weighted by Crippen LogP contribution is -2.50. The molecule has 0 bridgehead atoms. The van der Waals surface area contributed by atoms with Crippen LogP contribution in [0.3, 0.4) is 0 Å². The number of ether oxygens (including phenoxy) is 2. The number of carbonyl (C=O) groups excluding carboxylic acids is 2. The molecule has 3 rings (SSSR count). The van der Waals surface area contributed by atoms with Crippen LogP contribution < -0.4 is 14.8 Å². The Hall–Kier alpha value is -3.80. The monoisotopic (exact) mass is 516 g/mol. The number of unbranched alkanes of at least 4 members (excludes halogenated alkanes) is 1. The summed E-state index contributed by atoms with van der Waals surface area (Å²) < 4.78 is 10.8. The maximum Gasteiger partial charge on any atom is 0.243 e. The van der Waals surface area contributed by atoms with Crippen LogP contribution in [0.1, 0.15) is 48.4 Å². The SMILES string of the molecule is CCCCNC(=O)[C@@H](Cc1ccccc1)N(Cc1ccccc1C)C(=O)CCc1ccc(OC)c(OC)c1. The fourth-order valence-corrected chi connectivity index (χ4v) is 4.46. The van der Waals surface area contributed by atoms with Gasteiger partial charge in [-0.2, -0.15) is 0 Å². The highest BCUT2D eigenvalue weighted by Crippen LogP contribution is 2.28. The fourth-order valence-electron chi connectivity index (χ4n) is 4.46. The van der Waals surface area contributed by atoms with E-state index in [0.29, 0.717) is 37.4 Å². The molecule has 1 N–H and O–H groups in total. The summed E-state index contributed by atoms with van der Waals surface area (Å²) in [6, 6.07) is 23.0. The number of amides is 2. The first-order valence-electron chi connectivity index (χ1n) is 13.3. The van der Waals surface area contributed by atoms with Gasteiger partial charge in [-0.3, -0.25) is 9.59 Å². The molecule has 0 spiro atoms. The Kier molecular flexibility index (Phi) is 11.2. The molecule has 2 amide bonds. The van der Waals surface area contributed by atoms with Gasteiger partial charge < -0.3 is 19.7 Å². The third-order valence-corrected chi connectivity index (χ3v) is 6.78. The van der Waals surface area contributed by atoms with E-state index in [1.165, 1.54) is 0 Å². The van der Waals surface area contributed by atoms with Gasteiger partial charge in [-0.15, -0.1) is 0 Å². The van der Waals surface area contributed by atoms with E-state index in [9.17, 15) is 9.59 Å². The molecular formula is C32H40N2O4. The summed E-state index contributed by atoms with van der Waals surface area (Å²) in [5.74, 6) is 1.10. The van der Waals surface area contributed by atoms with Crippen molar-refractivity contribution >= 4 is 11.8 Å². The van der Waals surface area contributed by atoms with E-state index < -0.39 is 6.04 Å². The number of nitrogens with zero attached hydrogens (tertiary/aromatic N) is 1. The third-order valence-electron chi connectivity index (χ3n) is 6.78. The molecule has 1 atom stereocenters. The third kappa shape index (κ3) is 8.10. The summed E-state index contributed by atoms with van der Waals surface area (Å²) >= 11 is 0. The summed E-state index contributed by atoms with van der Waals surface area (Å²) in [4.78, 5) is 29.2. The molecule has 0 saturated carbocycles. The fraction of sp³-hybridized carbons (Fsp3) is 0.375. The predicted molar refractivity (Wildman–Crippen MR) is 151 cm³/mol. The highest BCUT2D eigenvalue weighted by molar-refractivity contribution is 5.88. The van der Waals surface area contributed by atoms with E-state index >= 15 is 0 Å². The Morgan fingerprint density at radius 2 is 1.61 bits per heavy atom. The van der Waals surface area contributed by atoms with Gasteiger partial charge in [0.05, 0.1) is 14.2 Å². The van der Waals surface area contributed by atoms with Crippen molar-refractivity contribution in [3.63, 3.8) is 0 Å². The van der Waals surface area contributed by atoms with Crippen LogP contribution in [-0.2, 0) is 29.0 Å². The number of nitrogens with one attached hydrogen (secondary N) is 1.